The number of hydrogen-bond acceptors (Lipinski definition) is 4. The lowest BCUT2D eigenvalue weighted by Crippen LogP contribution is -2.41. The van der Waals surface area contributed by atoms with Gasteiger partial charge in [-0.25, -0.2) is 8.42 Å². The van der Waals surface area contributed by atoms with E-state index in [1.54, 1.807) is 12.1 Å². The van der Waals surface area contributed by atoms with Crippen LogP contribution in [0.3, 0.4) is 0 Å². The molecule has 0 radical (unpaired) electrons. The molecule has 0 aliphatic carbocycles. The number of methoxy groups -OCH3 is 1. The monoisotopic (exact) mass is 514 g/mol. The summed E-state index contributed by atoms with van der Waals surface area (Å²) in [4.78, 5) is 12.7. The van der Waals surface area contributed by atoms with Gasteiger partial charge in [0.1, 0.15) is 10.6 Å². The van der Waals surface area contributed by atoms with E-state index in [4.69, 9.17) is 4.74 Å². The molecule has 28 heavy (non-hydrogen) atoms. The highest BCUT2D eigenvalue weighted by molar-refractivity contribution is 14.1. The van der Waals surface area contributed by atoms with Crippen molar-refractivity contribution in [3.63, 3.8) is 0 Å². The Hall–Kier alpha value is -1.65. The fraction of sp³-hybridized carbons (Fsp3) is 0.350. The number of piperidine rings is 1. The molecular weight excluding hydrogens is 491 g/mol. The number of amides is 1. The van der Waals surface area contributed by atoms with E-state index in [0.717, 1.165) is 14.8 Å². The van der Waals surface area contributed by atoms with E-state index in [9.17, 15) is 13.2 Å². The quantitative estimate of drug-likeness (QED) is 0.619. The molecule has 1 aliphatic heterocycles. The van der Waals surface area contributed by atoms with E-state index in [2.05, 4.69) is 27.9 Å². The minimum absolute atomic E-state index is 0.0635. The zero-order valence-corrected chi connectivity index (χ0v) is 18.8. The predicted octanol–water partition coefficient (Wildman–Crippen LogP) is 3.65. The van der Waals surface area contributed by atoms with Crippen LogP contribution < -0.4 is 10.1 Å². The third-order valence-corrected chi connectivity index (χ3v) is 7.51. The zero-order chi connectivity index (χ0) is 20.3. The molecule has 2 aromatic carbocycles. The number of ether oxygens (including phenoxy) is 1. The molecule has 1 saturated heterocycles. The summed E-state index contributed by atoms with van der Waals surface area (Å²) in [5.74, 6) is 0.0701. The molecule has 1 aliphatic rings. The first-order valence-corrected chi connectivity index (χ1v) is 11.5. The van der Waals surface area contributed by atoms with Crippen molar-refractivity contribution in [1.29, 1.82) is 0 Å². The van der Waals surface area contributed by atoms with Crippen molar-refractivity contribution < 1.29 is 17.9 Å². The Bertz CT molecular complexity index is 953. The van der Waals surface area contributed by atoms with Crippen LogP contribution in [0.25, 0.3) is 0 Å². The van der Waals surface area contributed by atoms with Crippen LogP contribution in [0.15, 0.2) is 47.4 Å². The van der Waals surface area contributed by atoms with Crippen molar-refractivity contribution in [3.05, 3.63) is 51.6 Å². The van der Waals surface area contributed by atoms with Gasteiger partial charge in [0, 0.05) is 28.3 Å². The second kappa shape index (κ2) is 8.79. The number of nitrogens with zero attached hydrogens (tertiary/aromatic N) is 1. The fourth-order valence-electron chi connectivity index (χ4n) is 3.26. The number of aryl methyl sites for hydroxylation is 1. The number of halogens is 1. The van der Waals surface area contributed by atoms with E-state index in [-0.39, 0.29) is 16.7 Å². The minimum atomic E-state index is -3.66. The summed E-state index contributed by atoms with van der Waals surface area (Å²) in [6.45, 7) is 2.47. The molecule has 0 bridgehead atoms. The highest BCUT2D eigenvalue weighted by atomic mass is 127. The Labute approximate surface area is 179 Å². The van der Waals surface area contributed by atoms with Gasteiger partial charge < -0.3 is 10.1 Å². The van der Waals surface area contributed by atoms with Gasteiger partial charge in [-0.2, -0.15) is 4.31 Å². The molecule has 0 saturated carbocycles. The normalized spacial score (nSPS) is 16.0. The van der Waals surface area contributed by atoms with Crippen LogP contribution in [-0.4, -0.2) is 38.8 Å². The Morgan fingerprint density at radius 2 is 1.79 bits per heavy atom. The molecule has 150 valence electrons. The van der Waals surface area contributed by atoms with Gasteiger partial charge in [-0.1, -0.05) is 6.07 Å². The Balaban J connectivity index is 1.67. The van der Waals surface area contributed by atoms with Crippen molar-refractivity contribution in [2.75, 3.05) is 25.5 Å². The number of benzene rings is 2. The zero-order valence-electron chi connectivity index (χ0n) is 15.8. The molecule has 0 spiro atoms. The first kappa shape index (κ1) is 21.1. The lowest BCUT2D eigenvalue weighted by Gasteiger charge is -2.31. The van der Waals surface area contributed by atoms with E-state index in [1.807, 2.05) is 37.3 Å². The SMILES string of the molecule is COc1ccc(C)cc1S(=O)(=O)N1CCC(C(=O)Nc2ccc(I)cc2)CC1. The van der Waals surface area contributed by atoms with Crippen LogP contribution in [0, 0.1) is 16.4 Å². The maximum absolute atomic E-state index is 13.1. The summed E-state index contributed by atoms with van der Waals surface area (Å²) in [6.07, 6.45) is 0.979. The van der Waals surface area contributed by atoms with Crippen LogP contribution in [0.4, 0.5) is 5.69 Å². The summed E-state index contributed by atoms with van der Waals surface area (Å²) in [5, 5.41) is 2.92. The van der Waals surface area contributed by atoms with Gasteiger partial charge in [0.2, 0.25) is 15.9 Å². The summed E-state index contributed by atoms with van der Waals surface area (Å²) in [5.41, 5.74) is 1.61. The van der Waals surface area contributed by atoms with Gasteiger partial charge in [0.15, 0.2) is 0 Å². The summed E-state index contributed by atoms with van der Waals surface area (Å²) < 4.78 is 33.9. The Morgan fingerprint density at radius 1 is 1.14 bits per heavy atom. The highest BCUT2D eigenvalue weighted by Crippen LogP contribution is 2.30. The maximum Gasteiger partial charge on any atom is 0.246 e. The molecule has 3 rings (SSSR count). The van der Waals surface area contributed by atoms with Gasteiger partial charge >= 0.3 is 0 Å². The summed E-state index contributed by atoms with van der Waals surface area (Å²) in [6, 6.07) is 12.7. The molecule has 6 nitrogen and oxygen atoms in total. The molecule has 1 fully saturated rings. The first-order valence-electron chi connectivity index (χ1n) is 9.02. The van der Waals surface area contributed by atoms with Crippen molar-refractivity contribution >= 4 is 44.2 Å². The Kier molecular flexibility index (Phi) is 6.61. The van der Waals surface area contributed by atoms with Gasteiger partial charge in [-0.15, -0.1) is 0 Å². The first-order chi connectivity index (χ1) is 13.3. The fourth-order valence-corrected chi connectivity index (χ4v) is 5.33. The number of nitrogens with one attached hydrogen (secondary N) is 1. The van der Waals surface area contributed by atoms with Gasteiger partial charge in [0.25, 0.3) is 0 Å². The number of hydrogen-bond donors (Lipinski definition) is 1. The number of carbonyl (C=O) groups excluding carboxylic acids is 1. The second-order valence-electron chi connectivity index (χ2n) is 6.83. The van der Waals surface area contributed by atoms with Crippen molar-refractivity contribution in [2.45, 2.75) is 24.7 Å². The van der Waals surface area contributed by atoms with Crippen LogP contribution in [-0.2, 0) is 14.8 Å². The van der Waals surface area contributed by atoms with Crippen LogP contribution >= 0.6 is 22.6 Å². The second-order valence-corrected chi connectivity index (χ2v) is 9.98. The summed E-state index contributed by atoms with van der Waals surface area (Å²) in [7, 11) is -2.20. The van der Waals surface area contributed by atoms with E-state index >= 15 is 0 Å². The molecule has 0 atom stereocenters. The van der Waals surface area contributed by atoms with Crippen LogP contribution in [0.1, 0.15) is 18.4 Å². The third-order valence-electron chi connectivity index (χ3n) is 4.87. The molecule has 2 aromatic rings. The number of rotatable bonds is 5. The largest absolute Gasteiger partial charge is 0.495 e. The standard InChI is InChI=1S/C20H23IN2O4S/c1-14-3-8-18(27-2)19(13-14)28(25,26)23-11-9-15(10-12-23)20(24)22-17-6-4-16(21)5-7-17/h3-8,13,15H,9-12H2,1-2H3,(H,22,24). The molecule has 1 N–H and O–H groups in total. The van der Waals surface area contributed by atoms with Crippen molar-refractivity contribution in [1.82, 2.24) is 4.31 Å². The van der Waals surface area contributed by atoms with Crippen molar-refractivity contribution in [2.24, 2.45) is 5.92 Å². The van der Waals surface area contributed by atoms with E-state index in [0.29, 0.717) is 31.7 Å². The van der Waals surface area contributed by atoms with Gasteiger partial charge in [-0.05, 0) is 84.3 Å². The lowest BCUT2D eigenvalue weighted by molar-refractivity contribution is -0.120. The van der Waals surface area contributed by atoms with E-state index < -0.39 is 10.0 Å². The third kappa shape index (κ3) is 4.66. The number of sulfonamides is 1. The van der Waals surface area contributed by atoms with Gasteiger partial charge in [-0.3, -0.25) is 4.79 Å². The highest BCUT2D eigenvalue weighted by Gasteiger charge is 2.33. The number of anilines is 1. The summed E-state index contributed by atoms with van der Waals surface area (Å²) >= 11 is 2.21. The van der Waals surface area contributed by atoms with Gasteiger partial charge in [0.05, 0.1) is 7.11 Å². The molecule has 0 unspecified atom stereocenters. The number of carbonyl (C=O) groups is 1. The lowest BCUT2D eigenvalue weighted by atomic mass is 9.97. The van der Waals surface area contributed by atoms with Crippen LogP contribution in [0.5, 0.6) is 5.75 Å². The average molecular weight is 514 g/mol. The average Bonchev–Trinajstić information content (AvgIpc) is 2.69. The topological polar surface area (TPSA) is 75.7 Å². The minimum Gasteiger partial charge on any atom is -0.495 e. The smallest absolute Gasteiger partial charge is 0.246 e. The van der Waals surface area contributed by atoms with Crippen LogP contribution in [0.2, 0.25) is 0 Å². The van der Waals surface area contributed by atoms with Crippen molar-refractivity contribution in [3.8, 4) is 5.75 Å². The molecule has 1 heterocycles. The molecular formula is C20H23IN2O4S. The molecule has 0 aromatic heterocycles. The van der Waals surface area contributed by atoms with E-state index in [1.165, 1.54) is 11.4 Å². The maximum atomic E-state index is 13.1. The predicted molar refractivity (Wildman–Crippen MR) is 117 cm³/mol. The molecule has 1 amide bonds. The molecule has 8 heteroatoms. The Morgan fingerprint density at radius 3 is 2.39 bits per heavy atom.